The van der Waals surface area contributed by atoms with Crippen LogP contribution in [0.3, 0.4) is 0 Å². The second-order valence-electron chi connectivity index (χ2n) is 6.04. The van der Waals surface area contributed by atoms with Crippen LogP contribution in [0.2, 0.25) is 0 Å². The molecule has 1 aromatic carbocycles. The molecule has 9 heteroatoms. The predicted octanol–water partition coefficient (Wildman–Crippen LogP) is 1.99. The van der Waals surface area contributed by atoms with Crippen molar-refractivity contribution >= 4 is 23.7 Å². The topological polar surface area (TPSA) is 102 Å². The lowest BCUT2D eigenvalue weighted by Crippen LogP contribution is -2.45. The molecule has 0 aliphatic rings. The number of urea groups is 1. The summed E-state index contributed by atoms with van der Waals surface area (Å²) in [4.78, 5) is 23.8. The van der Waals surface area contributed by atoms with Crippen molar-refractivity contribution in [2.24, 2.45) is 0 Å². The maximum Gasteiger partial charge on any atom is 0.321 e. The minimum absolute atomic E-state index is 0.0485. The van der Waals surface area contributed by atoms with Crippen molar-refractivity contribution in [2.45, 2.75) is 51.1 Å². The summed E-state index contributed by atoms with van der Waals surface area (Å²) in [7, 11) is 0. The molecular weight excluding hydrogens is 340 g/mol. The van der Waals surface area contributed by atoms with Crippen LogP contribution in [-0.2, 0) is 4.79 Å². The second kappa shape index (κ2) is 8.11. The fourth-order valence-electron chi connectivity index (χ4n) is 2.17. The molecule has 0 fully saturated rings. The van der Waals surface area contributed by atoms with E-state index in [9.17, 15) is 9.59 Å². The zero-order valence-electron chi connectivity index (χ0n) is 14.9. The first-order chi connectivity index (χ1) is 11.8. The normalized spacial score (nSPS) is 12.1. The molecule has 1 heterocycles. The van der Waals surface area contributed by atoms with Crippen molar-refractivity contribution in [3.63, 3.8) is 0 Å². The van der Waals surface area contributed by atoms with E-state index in [0.717, 1.165) is 16.8 Å². The Balaban J connectivity index is 2.10. The van der Waals surface area contributed by atoms with Crippen LogP contribution < -0.4 is 10.6 Å². The molecule has 134 valence electrons. The second-order valence-corrected chi connectivity index (χ2v) is 7.35. The number of benzene rings is 1. The summed E-state index contributed by atoms with van der Waals surface area (Å²) in [6, 6.07) is 5.39. The Hall–Kier alpha value is -2.42. The smallest absolute Gasteiger partial charge is 0.321 e. The van der Waals surface area contributed by atoms with E-state index in [1.807, 2.05) is 45.9 Å². The Morgan fingerprint density at radius 1 is 1.20 bits per heavy atom. The van der Waals surface area contributed by atoms with E-state index in [2.05, 4.69) is 26.2 Å². The molecule has 3 amide bonds. The summed E-state index contributed by atoms with van der Waals surface area (Å²) in [6.45, 7) is 9.33. The fraction of sp³-hybridized carbons (Fsp3) is 0.438. The van der Waals surface area contributed by atoms with Crippen LogP contribution in [0.4, 0.5) is 4.79 Å². The minimum Gasteiger partial charge on any atom is -0.336 e. The number of nitrogens with one attached hydrogen (secondary N) is 2. The Morgan fingerprint density at radius 2 is 1.92 bits per heavy atom. The molecule has 2 rings (SSSR count). The van der Waals surface area contributed by atoms with E-state index < -0.39 is 17.2 Å². The molecule has 0 unspecified atom stereocenters. The average molecular weight is 362 g/mol. The zero-order chi connectivity index (χ0) is 18.6. The Kier molecular flexibility index (Phi) is 6.13. The molecule has 2 N–H and O–H groups in total. The molecule has 0 spiro atoms. The number of carbonyl (C=O) groups is 2. The number of amides is 3. The molecule has 0 saturated carbocycles. The SMILES string of the molecule is Cc1ccc(-n2nnnc2S[C@H](C)C(=O)NC(=O)NC(C)C)c(C)c1. The first-order valence-electron chi connectivity index (χ1n) is 7.92. The molecule has 0 aliphatic carbocycles. The van der Waals surface area contributed by atoms with Gasteiger partial charge in [0, 0.05) is 6.04 Å². The number of nitrogens with zero attached hydrogens (tertiary/aromatic N) is 4. The largest absolute Gasteiger partial charge is 0.336 e. The fourth-order valence-corrected chi connectivity index (χ4v) is 2.97. The van der Waals surface area contributed by atoms with Crippen LogP contribution >= 0.6 is 11.8 Å². The first-order valence-corrected chi connectivity index (χ1v) is 8.80. The van der Waals surface area contributed by atoms with Crippen molar-refractivity contribution in [3.8, 4) is 5.69 Å². The number of imide groups is 1. The molecular formula is C16H22N6O2S. The van der Waals surface area contributed by atoms with Crippen molar-refractivity contribution < 1.29 is 9.59 Å². The number of tetrazole rings is 1. The standard InChI is InChI=1S/C16H22N6O2S/c1-9(2)17-15(24)18-14(23)12(5)25-16-19-20-21-22(16)13-7-6-10(3)8-11(13)4/h6-9,12H,1-5H3,(H2,17,18,23,24)/t12-/m1/s1. The molecule has 2 aromatic rings. The van der Waals surface area contributed by atoms with Crippen molar-refractivity contribution in [1.82, 2.24) is 30.8 Å². The van der Waals surface area contributed by atoms with Gasteiger partial charge in [0.15, 0.2) is 0 Å². The number of rotatable bonds is 5. The number of aryl methyl sites for hydroxylation is 2. The molecule has 0 aliphatic heterocycles. The summed E-state index contributed by atoms with van der Waals surface area (Å²) in [5, 5.41) is 16.6. The van der Waals surface area contributed by atoms with Gasteiger partial charge in [-0.25, -0.2) is 4.79 Å². The van der Waals surface area contributed by atoms with Gasteiger partial charge in [-0.3, -0.25) is 10.1 Å². The summed E-state index contributed by atoms with van der Waals surface area (Å²) in [5.74, 6) is -0.404. The molecule has 25 heavy (non-hydrogen) atoms. The zero-order valence-corrected chi connectivity index (χ0v) is 15.7. The van der Waals surface area contributed by atoms with Crippen LogP contribution in [0.15, 0.2) is 23.4 Å². The lowest BCUT2D eigenvalue weighted by atomic mass is 10.1. The molecule has 1 atom stereocenters. The summed E-state index contributed by atoms with van der Waals surface area (Å²) in [5.41, 5.74) is 3.03. The van der Waals surface area contributed by atoms with Crippen LogP contribution in [0.5, 0.6) is 0 Å². The van der Waals surface area contributed by atoms with Crippen LogP contribution in [0.1, 0.15) is 31.9 Å². The molecule has 0 radical (unpaired) electrons. The van der Waals surface area contributed by atoms with Gasteiger partial charge >= 0.3 is 6.03 Å². The van der Waals surface area contributed by atoms with E-state index in [1.165, 1.54) is 11.8 Å². The van der Waals surface area contributed by atoms with Gasteiger partial charge in [0.25, 0.3) is 0 Å². The van der Waals surface area contributed by atoms with E-state index in [1.54, 1.807) is 11.6 Å². The first kappa shape index (κ1) is 18.9. The maximum atomic E-state index is 12.1. The quantitative estimate of drug-likeness (QED) is 0.789. The highest BCUT2D eigenvalue weighted by Crippen LogP contribution is 2.24. The highest BCUT2D eigenvalue weighted by atomic mass is 32.2. The summed E-state index contributed by atoms with van der Waals surface area (Å²) < 4.78 is 1.59. The van der Waals surface area contributed by atoms with Crippen LogP contribution in [0, 0.1) is 13.8 Å². The van der Waals surface area contributed by atoms with Gasteiger partial charge in [0.1, 0.15) is 0 Å². The maximum absolute atomic E-state index is 12.1. The monoisotopic (exact) mass is 362 g/mol. The molecule has 8 nitrogen and oxygen atoms in total. The van der Waals surface area contributed by atoms with E-state index in [4.69, 9.17) is 0 Å². The average Bonchev–Trinajstić information content (AvgIpc) is 2.94. The van der Waals surface area contributed by atoms with Crippen molar-refractivity contribution in [2.75, 3.05) is 0 Å². The van der Waals surface area contributed by atoms with Gasteiger partial charge in [-0.2, -0.15) is 4.68 Å². The van der Waals surface area contributed by atoms with E-state index in [-0.39, 0.29) is 6.04 Å². The van der Waals surface area contributed by atoms with Gasteiger partial charge < -0.3 is 5.32 Å². The van der Waals surface area contributed by atoms with Gasteiger partial charge in [-0.1, -0.05) is 29.5 Å². The number of hydrogen-bond donors (Lipinski definition) is 2. The number of hydrogen-bond acceptors (Lipinski definition) is 6. The molecule has 0 saturated heterocycles. The number of thioether (sulfide) groups is 1. The number of carbonyl (C=O) groups excluding carboxylic acids is 2. The minimum atomic E-state index is -0.534. The van der Waals surface area contributed by atoms with Gasteiger partial charge in [-0.05, 0) is 56.7 Å². The third-order valence-electron chi connectivity index (χ3n) is 3.33. The van der Waals surface area contributed by atoms with Gasteiger partial charge in [0.2, 0.25) is 11.1 Å². The molecule has 1 aromatic heterocycles. The number of aromatic nitrogens is 4. The third kappa shape index (κ3) is 5.02. The van der Waals surface area contributed by atoms with Crippen LogP contribution in [-0.4, -0.2) is 43.4 Å². The summed E-state index contributed by atoms with van der Waals surface area (Å²) >= 11 is 1.19. The Morgan fingerprint density at radius 3 is 2.56 bits per heavy atom. The van der Waals surface area contributed by atoms with Crippen molar-refractivity contribution in [1.29, 1.82) is 0 Å². The van der Waals surface area contributed by atoms with E-state index >= 15 is 0 Å². The van der Waals surface area contributed by atoms with Crippen LogP contribution in [0.25, 0.3) is 5.69 Å². The lowest BCUT2D eigenvalue weighted by Gasteiger charge is -2.13. The predicted molar refractivity (Wildman–Crippen MR) is 95.8 cm³/mol. The Bertz CT molecular complexity index is 774. The van der Waals surface area contributed by atoms with Crippen molar-refractivity contribution in [3.05, 3.63) is 29.3 Å². The van der Waals surface area contributed by atoms with Gasteiger partial charge in [0.05, 0.1) is 10.9 Å². The lowest BCUT2D eigenvalue weighted by molar-refractivity contribution is -0.119. The Labute approximate surface area is 150 Å². The van der Waals surface area contributed by atoms with Gasteiger partial charge in [-0.15, -0.1) is 5.10 Å². The summed E-state index contributed by atoms with van der Waals surface area (Å²) in [6.07, 6.45) is 0. The highest BCUT2D eigenvalue weighted by molar-refractivity contribution is 8.00. The highest BCUT2D eigenvalue weighted by Gasteiger charge is 2.21. The van der Waals surface area contributed by atoms with E-state index in [0.29, 0.717) is 5.16 Å². The molecule has 0 bridgehead atoms. The third-order valence-corrected chi connectivity index (χ3v) is 4.36.